The molecule has 39 nitrogen and oxygen atoms in total. The van der Waals surface area contributed by atoms with Crippen molar-refractivity contribution in [2.45, 2.75) is 247 Å². The predicted molar refractivity (Wildman–Crippen MR) is 518 cm³/mol. The number of imidazole rings is 5. The van der Waals surface area contributed by atoms with Crippen molar-refractivity contribution in [1.29, 1.82) is 0 Å². The van der Waals surface area contributed by atoms with Crippen molar-refractivity contribution in [3.05, 3.63) is 124 Å². The average molecular weight is 1890 g/mol. The Bertz CT molecular complexity index is 5450. The minimum atomic E-state index is -4.12. The summed E-state index contributed by atoms with van der Waals surface area (Å²) in [5, 5.41) is 26.9. The number of anilines is 5. The van der Waals surface area contributed by atoms with E-state index in [4.69, 9.17) is 47.1 Å². The van der Waals surface area contributed by atoms with Crippen molar-refractivity contribution in [2.75, 3.05) is 114 Å². The van der Waals surface area contributed by atoms with Gasteiger partial charge in [-0.25, -0.2) is 74.8 Å². The second-order valence-electron chi connectivity index (χ2n) is 33.4. The summed E-state index contributed by atoms with van der Waals surface area (Å²) in [7, 11) is -4.60. The molecule has 12 rings (SSSR count). The molecule has 12 aromatic rings. The van der Waals surface area contributed by atoms with Gasteiger partial charge in [-0.1, -0.05) is 148 Å². The Balaban J connectivity index is 0.000000205. The van der Waals surface area contributed by atoms with Crippen molar-refractivity contribution in [3.8, 4) is 0 Å². The van der Waals surface area contributed by atoms with Crippen LogP contribution in [-0.4, -0.2) is 231 Å². The second kappa shape index (κ2) is 52.9. The van der Waals surface area contributed by atoms with Gasteiger partial charge in [0, 0.05) is 98.5 Å². The fourth-order valence-corrected chi connectivity index (χ4v) is 23.7. The predicted octanol–water partition coefficient (Wildman–Crippen LogP) is 16.3. The molecule has 0 amide bonds. The van der Waals surface area contributed by atoms with E-state index >= 15 is 0 Å². The third-order valence-electron chi connectivity index (χ3n) is 21.4. The summed E-state index contributed by atoms with van der Waals surface area (Å²) in [6.45, 7) is 30.3. The van der Waals surface area contributed by atoms with E-state index in [2.05, 4.69) is 227 Å². The van der Waals surface area contributed by atoms with Crippen molar-refractivity contribution >= 4 is 126 Å². The Morgan fingerprint density at radius 1 is 0.359 bits per heavy atom. The van der Waals surface area contributed by atoms with Gasteiger partial charge in [-0.05, 0) is 121 Å². The first kappa shape index (κ1) is 107. The molecule has 0 saturated heterocycles. The molecule has 0 saturated carbocycles. The lowest BCUT2D eigenvalue weighted by Gasteiger charge is -2.43. The first-order valence-electron chi connectivity index (χ1n) is 45.2. The summed E-state index contributed by atoms with van der Waals surface area (Å²) in [6, 6.07) is 22.6. The number of ether oxygens (including phenoxy) is 3. The standard InChI is InChI=1S/C28H37N5OSi.C19H34N5O4P.C16H28N5O4P.C13H22N5O4P.C12H19N5O/c1-6-13-22(33-21-32-25-26(29-5)30-20-31-27(25)33)18-19-34-35(28(2,3)4,23-14-9-7-10-15-23)24-16-11-8-12-17-24;1-7-8-16(24-12-23-17-18(20-6)21-11-22-19(17)24)9-10-26-13-29(25,27-14(2)3)28-15(4)5;1-5-6-13(7-8-24-11-26(22,23)25-12(2)3)21-10-20-14-15(17-4)18-9-19-16(14)21;1-3-4-10(5-6-22-9-23(19,20)21)18-8-17-11-12(14-2)15-7-16-13(11)18;1-3-4-9(5-6-18)17-8-16-10-11(13-2)14-7-15-12(10)17/h7-12,14-17,20-22H,6,13,18-19H2,1-5H3,(H,29,30,31);11-12,14-16H,7-10,13H2,1-6H3,(H,20,21,22);9-10,12-13H,5-8,11H2,1-4H3,(H,22,23)(H,17,18,19);7-8,10H,3-6,9H2,1-2H3,(H,14,15,16)(H2,19,20,21);7-9,18H,3-6H2,1-2H3,(H,13,14,15). The lowest BCUT2D eigenvalue weighted by Crippen LogP contribution is -2.66. The van der Waals surface area contributed by atoms with E-state index in [1.807, 2.05) is 68.9 Å². The lowest BCUT2D eigenvalue weighted by atomic mass is 10.1. The lowest BCUT2D eigenvalue weighted by molar-refractivity contribution is 0.0935. The highest BCUT2D eigenvalue weighted by atomic mass is 31.2. The molecule has 2 aromatic carbocycles. The molecule has 0 aliphatic rings. The third-order valence-corrected chi connectivity index (χ3v) is 30.2. The van der Waals surface area contributed by atoms with Crippen molar-refractivity contribution in [2.24, 2.45) is 0 Å². The van der Waals surface area contributed by atoms with Gasteiger partial charge in [0.2, 0.25) is 0 Å². The number of fused-ring (bicyclic) bond motifs is 5. The quantitative estimate of drug-likeness (QED) is 0.00971. The zero-order chi connectivity index (χ0) is 95.3. The van der Waals surface area contributed by atoms with Crippen LogP contribution in [0.4, 0.5) is 29.1 Å². The molecule has 0 bridgehead atoms. The van der Waals surface area contributed by atoms with Crippen LogP contribution < -0.4 is 37.0 Å². The number of benzene rings is 2. The van der Waals surface area contributed by atoms with Crippen LogP contribution in [0, 0.1) is 0 Å². The van der Waals surface area contributed by atoms with Crippen molar-refractivity contribution in [1.82, 2.24) is 97.6 Å². The summed E-state index contributed by atoms with van der Waals surface area (Å²) in [4.78, 5) is 92.5. The number of aromatic nitrogens is 20. The first-order chi connectivity index (χ1) is 62.9. The molecule has 9 N–H and O–H groups in total. The van der Waals surface area contributed by atoms with Crippen LogP contribution in [0.25, 0.3) is 55.8 Å². The number of aliphatic hydroxyl groups is 1. The van der Waals surface area contributed by atoms with Crippen LogP contribution in [0.2, 0.25) is 5.04 Å². The maximum absolute atomic E-state index is 12.9. The highest BCUT2D eigenvalue weighted by Crippen LogP contribution is 2.51. The smallest absolute Gasteiger partial charge is 0.356 e. The zero-order valence-corrected chi connectivity index (χ0v) is 83.3. The Morgan fingerprint density at radius 3 is 0.878 bits per heavy atom. The Morgan fingerprint density at radius 2 is 0.626 bits per heavy atom. The van der Waals surface area contributed by atoms with Crippen molar-refractivity contribution < 1.29 is 65.7 Å². The third kappa shape index (κ3) is 30.3. The second-order valence-corrected chi connectivity index (χ2v) is 42.9. The average Bonchev–Trinajstić information content (AvgIpc) is 1.60. The van der Waals surface area contributed by atoms with Gasteiger partial charge < -0.3 is 101 Å². The largest absolute Gasteiger partial charge is 0.407 e. The number of nitrogens with zero attached hydrogens (tertiary/aromatic N) is 20. The summed E-state index contributed by atoms with van der Waals surface area (Å²) in [5.41, 5.74) is 7.74. The first-order valence-corrected chi connectivity index (χ1v) is 52.4. The normalized spacial score (nSPS) is 13.7. The van der Waals surface area contributed by atoms with E-state index in [9.17, 15) is 18.6 Å². The van der Waals surface area contributed by atoms with Crippen LogP contribution in [0.5, 0.6) is 0 Å². The fourth-order valence-electron chi connectivity index (χ4n) is 15.8. The molecule has 10 aromatic heterocycles. The zero-order valence-electron chi connectivity index (χ0n) is 79.6. The Kier molecular flexibility index (Phi) is 43.2. The number of hydrogen-bond donors (Lipinski definition) is 9. The maximum atomic E-state index is 12.9. The van der Waals surface area contributed by atoms with E-state index in [0.717, 1.165) is 145 Å². The molecule has 10 heterocycles. The van der Waals surface area contributed by atoms with E-state index in [0.29, 0.717) is 55.6 Å². The molecular formula is C88H140N25O14P3Si. The molecule has 0 radical (unpaired) electrons. The Labute approximate surface area is 770 Å². The van der Waals surface area contributed by atoms with Gasteiger partial charge in [-0.15, -0.1) is 0 Å². The van der Waals surface area contributed by atoms with Crippen LogP contribution in [0.1, 0.15) is 223 Å². The number of aliphatic hydroxyl groups excluding tert-OH is 1. The van der Waals surface area contributed by atoms with E-state index in [-0.39, 0.29) is 79.5 Å². The summed E-state index contributed by atoms with van der Waals surface area (Å²) in [5.74, 6) is 3.55. The van der Waals surface area contributed by atoms with E-state index < -0.39 is 37.5 Å². The summed E-state index contributed by atoms with van der Waals surface area (Å²) < 4.78 is 85.3. The molecule has 43 heteroatoms. The number of hydrogen-bond acceptors (Lipinski definition) is 31. The molecule has 6 unspecified atom stereocenters. The highest BCUT2D eigenvalue weighted by molar-refractivity contribution is 7.53. The Hall–Kier alpha value is -9.34. The number of rotatable bonds is 49. The maximum Gasteiger partial charge on any atom is 0.356 e. The van der Waals surface area contributed by atoms with Crippen LogP contribution in [0.15, 0.2) is 124 Å². The van der Waals surface area contributed by atoms with Gasteiger partial charge in [0.05, 0.1) is 49.9 Å². The van der Waals surface area contributed by atoms with Gasteiger partial charge in [0.15, 0.2) is 57.3 Å². The van der Waals surface area contributed by atoms with Crippen LogP contribution >= 0.6 is 22.8 Å². The minimum absolute atomic E-state index is 0.0351. The molecule has 6 atom stereocenters. The summed E-state index contributed by atoms with van der Waals surface area (Å²) in [6.07, 6.45) is 28.6. The van der Waals surface area contributed by atoms with Crippen molar-refractivity contribution in [3.63, 3.8) is 0 Å². The highest BCUT2D eigenvalue weighted by Gasteiger charge is 2.50. The van der Waals surface area contributed by atoms with Crippen LogP contribution in [-0.2, 0) is 45.9 Å². The molecule has 720 valence electrons. The minimum Gasteiger partial charge on any atom is -0.407 e. The topological polar surface area (TPSA) is 475 Å². The molecule has 131 heavy (non-hydrogen) atoms. The van der Waals surface area contributed by atoms with E-state index in [1.165, 1.54) is 35.7 Å². The van der Waals surface area contributed by atoms with Crippen LogP contribution in [0.3, 0.4) is 0 Å². The molecule has 0 fully saturated rings. The number of nitrogens with one attached hydrogen (secondary N) is 5. The fraction of sp³-hybridized carbons (Fsp3) is 0.580. The summed E-state index contributed by atoms with van der Waals surface area (Å²) >= 11 is 0. The van der Waals surface area contributed by atoms with Gasteiger partial charge in [0.25, 0.3) is 8.32 Å². The monoisotopic (exact) mass is 1890 g/mol. The van der Waals surface area contributed by atoms with Gasteiger partial charge in [-0.2, -0.15) is 0 Å². The van der Waals surface area contributed by atoms with Gasteiger partial charge in [0.1, 0.15) is 78.3 Å². The molecular weight excluding hydrogens is 1750 g/mol. The van der Waals surface area contributed by atoms with E-state index in [1.54, 1.807) is 59.6 Å². The molecule has 0 aliphatic carbocycles. The van der Waals surface area contributed by atoms with Gasteiger partial charge in [-0.3, -0.25) is 13.7 Å². The molecule has 0 spiro atoms. The SMILES string of the molecule is CCCC(CCO)n1cnc2c(NC)ncnc21.CCCC(CCOCP(=O)(O)O)n1cnc2c(NC)ncnc21.CCCC(CCOCP(=O)(O)OC(C)C)n1cnc2c(NC)ncnc21.CCCC(CCOCP(=O)(OC(C)C)OC(C)C)n1cnc2c(NC)ncnc21.CCCC(CCO[Si](c1ccccc1)(c1ccccc1)C(C)(C)C)n1cnc2c(NC)ncnc21. The molecule has 0 aliphatic heterocycles. The van der Waals surface area contributed by atoms with Gasteiger partial charge >= 0.3 is 22.8 Å².